The molecule has 3 rings (SSSR count). The standard InChI is InChI=1S/C21H32N2O3/c1-25-11-10-23(21(24)16-26-2)15-17-6-5-9-22(14-17)20-12-18-7-3-4-8-19(18)13-20/h3-4,7-8,17,20H,5-6,9-16H2,1-2H3/t17-/m1/s1. The molecular weight excluding hydrogens is 328 g/mol. The van der Waals surface area contributed by atoms with Crippen molar-refractivity contribution in [2.75, 3.05) is 53.6 Å². The smallest absolute Gasteiger partial charge is 0.248 e. The molecule has 1 aliphatic heterocycles. The molecule has 2 aliphatic rings. The van der Waals surface area contributed by atoms with Gasteiger partial charge in [-0.25, -0.2) is 0 Å². The number of amides is 1. The summed E-state index contributed by atoms with van der Waals surface area (Å²) in [6.45, 7) is 4.44. The second kappa shape index (κ2) is 9.49. The Balaban J connectivity index is 1.56. The van der Waals surface area contributed by atoms with Gasteiger partial charge in [0.2, 0.25) is 5.91 Å². The Labute approximate surface area is 157 Å². The summed E-state index contributed by atoms with van der Waals surface area (Å²) in [4.78, 5) is 16.9. The maximum atomic E-state index is 12.3. The molecule has 1 aromatic carbocycles. The summed E-state index contributed by atoms with van der Waals surface area (Å²) >= 11 is 0. The van der Waals surface area contributed by atoms with Crippen LogP contribution >= 0.6 is 0 Å². The van der Waals surface area contributed by atoms with E-state index in [9.17, 15) is 4.79 Å². The van der Waals surface area contributed by atoms with E-state index in [4.69, 9.17) is 9.47 Å². The predicted octanol–water partition coefficient (Wildman–Crippen LogP) is 1.99. The molecule has 0 aromatic heterocycles. The lowest BCUT2D eigenvalue weighted by molar-refractivity contribution is -0.136. The molecule has 0 unspecified atom stereocenters. The van der Waals surface area contributed by atoms with Crippen molar-refractivity contribution in [3.05, 3.63) is 35.4 Å². The molecule has 1 aliphatic carbocycles. The number of hydrogen-bond acceptors (Lipinski definition) is 4. The number of carbonyl (C=O) groups excluding carboxylic acids is 1. The molecule has 1 atom stereocenters. The Morgan fingerprint density at radius 1 is 1.19 bits per heavy atom. The van der Waals surface area contributed by atoms with Crippen LogP contribution < -0.4 is 0 Å². The van der Waals surface area contributed by atoms with Gasteiger partial charge in [0.25, 0.3) is 0 Å². The fraction of sp³-hybridized carbons (Fsp3) is 0.667. The Kier molecular flexibility index (Phi) is 7.06. The third kappa shape index (κ3) is 4.84. The number of piperidine rings is 1. The Morgan fingerprint density at radius 2 is 1.92 bits per heavy atom. The Bertz CT molecular complexity index is 567. The van der Waals surface area contributed by atoms with Gasteiger partial charge in [-0.15, -0.1) is 0 Å². The van der Waals surface area contributed by atoms with Crippen LogP contribution in [-0.4, -0.2) is 75.4 Å². The minimum atomic E-state index is 0.0648. The van der Waals surface area contributed by atoms with Gasteiger partial charge < -0.3 is 14.4 Å². The van der Waals surface area contributed by atoms with Crippen molar-refractivity contribution in [1.82, 2.24) is 9.80 Å². The normalized spacial score (nSPS) is 20.9. The zero-order valence-corrected chi connectivity index (χ0v) is 16.2. The maximum absolute atomic E-state index is 12.3. The zero-order chi connectivity index (χ0) is 18.4. The number of benzene rings is 1. The predicted molar refractivity (Wildman–Crippen MR) is 102 cm³/mol. The first-order valence-corrected chi connectivity index (χ1v) is 9.77. The van der Waals surface area contributed by atoms with E-state index in [1.165, 1.54) is 43.4 Å². The van der Waals surface area contributed by atoms with Crippen LogP contribution in [0.5, 0.6) is 0 Å². The van der Waals surface area contributed by atoms with E-state index in [-0.39, 0.29) is 12.5 Å². The second-order valence-corrected chi connectivity index (χ2v) is 7.60. The molecule has 0 radical (unpaired) electrons. The monoisotopic (exact) mass is 360 g/mol. The number of hydrogen-bond donors (Lipinski definition) is 0. The van der Waals surface area contributed by atoms with Gasteiger partial charge in [0.15, 0.2) is 0 Å². The average Bonchev–Trinajstić information content (AvgIpc) is 3.10. The quantitative estimate of drug-likeness (QED) is 0.711. The highest BCUT2D eigenvalue weighted by Crippen LogP contribution is 2.29. The molecule has 0 spiro atoms. The summed E-state index contributed by atoms with van der Waals surface area (Å²) < 4.78 is 10.2. The summed E-state index contributed by atoms with van der Waals surface area (Å²) in [5.74, 6) is 0.597. The van der Waals surface area contributed by atoms with Gasteiger partial charge in [-0.2, -0.15) is 0 Å². The lowest BCUT2D eigenvalue weighted by atomic mass is 9.95. The van der Waals surface area contributed by atoms with Crippen molar-refractivity contribution >= 4 is 5.91 Å². The average molecular weight is 360 g/mol. The van der Waals surface area contributed by atoms with Gasteiger partial charge in [0.1, 0.15) is 6.61 Å². The van der Waals surface area contributed by atoms with Crippen molar-refractivity contribution in [1.29, 1.82) is 0 Å². The fourth-order valence-electron chi connectivity index (χ4n) is 4.42. The van der Waals surface area contributed by atoms with E-state index in [1.54, 1.807) is 14.2 Å². The summed E-state index contributed by atoms with van der Waals surface area (Å²) in [6.07, 6.45) is 4.74. The number of carbonyl (C=O) groups is 1. The van der Waals surface area contributed by atoms with Crippen LogP contribution in [0.4, 0.5) is 0 Å². The van der Waals surface area contributed by atoms with Crippen molar-refractivity contribution in [2.24, 2.45) is 5.92 Å². The van der Waals surface area contributed by atoms with E-state index in [0.29, 0.717) is 25.1 Å². The molecule has 1 aromatic rings. The first kappa shape index (κ1) is 19.3. The first-order valence-electron chi connectivity index (χ1n) is 9.77. The van der Waals surface area contributed by atoms with E-state index < -0.39 is 0 Å². The molecule has 5 nitrogen and oxygen atoms in total. The topological polar surface area (TPSA) is 42.0 Å². The van der Waals surface area contributed by atoms with Gasteiger partial charge >= 0.3 is 0 Å². The largest absolute Gasteiger partial charge is 0.383 e. The van der Waals surface area contributed by atoms with Crippen molar-refractivity contribution in [3.8, 4) is 0 Å². The lowest BCUT2D eigenvalue weighted by Gasteiger charge is -2.38. The highest BCUT2D eigenvalue weighted by molar-refractivity contribution is 5.77. The van der Waals surface area contributed by atoms with Gasteiger partial charge in [-0.3, -0.25) is 9.69 Å². The minimum Gasteiger partial charge on any atom is -0.383 e. The Hall–Kier alpha value is -1.43. The minimum absolute atomic E-state index is 0.0648. The van der Waals surface area contributed by atoms with Crippen molar-refractivity contribution in [2.45, 2.75) is 31.7 Å². The number of rotatable bonds is 8. The van der Waals surface area contributed by atoms with Crippen LogP contribution in [0.25, 0.3) is 0 Å². The molecule has 0 N–H and O–H groups in total. The van der Waals surface area contributed by atoms with Crippen LogP contribution in [0, 0.1) is 5.92 Å². The molecule has 1 fully saturated rings. The SMILES string of the molecule is COCCN(C[C@@H]1CCCN(C2Cc3ccccc3C2)C1)C(=O)COC. The molecule has 0 bridgehead atoms. The van der Waals surface area contributed by atoms with Crippen molar-refractivity contribution < 1.29 is 14.3 Å². The van der Waals surface area contributed by atoms with E-state index in [1.807, 2.05) is 4.90 Å². The molecule has 26 heavy (non-hydrogen) atoms. The van der Waals surface area contributed by atoms with Crippen molar-refractivity contribution in [3.63, 3.8) is 0 Å². The molecule has 1 saturated heterocycles. The van der Waals surface area contributed by atoms with Crippen LogP contribution in [0.1, 0.15) is 24.0 Å². The third-order valence-corrected chi connectivity index (χ3v) is 5.76. The summed E-state index contributed by atoms with van der Waals surface area (Å²) in [5, 5.41) is 0. The van der Waals surface area contributed by atoms with E-state index in [2.05, 4.69) is 29.2 Å². The molecule has 144 valence electrons. The number of likely N-dealkylation sites (tertiary alicyclic amines) is 1. The van der Waals surface area contributed by atoms with Gasteiger partial charge in [0, 0.05) is 39.9 Å². The molecular formula is C21H32N2O3. The van der Waals surface area contributed by atoms with E-state index >= 15 is 0 Å². The third-order valence-electron chi connectivity index (χ3n) is 5.76. The van der Waals surface area contributed by atoms with Crippen LogP contribution in [0.15, 0.2) is 24.3 Å². The molecule has 0 saturated carbocycles. The first-order chi connectivity index (χ1) is 12.7. The number of fused-ring (bicyclic) bond motifs is 1. The van der Waals surface area contributed by atoms with Gasteiger partial charge in [-0.1, -0.05) is 24.3 Å². The summed E-state index contributed by atoms with van der Waals surface area (Å²) in [5.41, 5.74) is 3.02. The summed E-state index contributed by atoms with van der Waals surface area (Å²) in [7, 11) is 3.26. The number of nitrogens with zero attached hydrogens (tertiary/aromatic N) is 2. The Morgan fingerprint density at radius 3 is 2.58 bits per heavy atom. The van der Waals surface area contributed by atoms with Gasteiger partial charge in [0.05, 0.1) is 6.61 Å². The lowest BCUT2D eigenvalue weighted by Crippen LogP contribution is -2.48. The zero-order valence-electron chi connectivity index (χ0n) is 16.2. The second-order valence-electron chi connectivity index (χ2n) is 7.60. The number of methoxy groups -OCH3 is 2. The molecule has 5 heteroatoms. The fourth-order valence-corrected chi connectivity index (χ4v) is 4.42. The maximum Gasteiger partial charge on any atom is 0.248 e. The highest BCUT2D eigenvalue weighted by Gasteiger charge is 2.31. The van der Waals surface area contributed by atoms with E-state index in [0.717, 1.165) is 13.1 Å². The highest BCUT2D eigenvalue weighted by atomic mass is 16.5. The molecule has 1 amide bonds. The van der Waals surface area contributed by atoms with Crippen LogP contribution in [-0.2, 0) is 27.1 Å². The van der Waals surface area contributed by atoms with Crippen LogP contribution in [0.3, 0.4) is 0 Å². The number of ether oxygens (including phenoxy) is 2. The van der Waals surface area contributed by atoms with Gasteiger partial charge in [-0.05, 0) is 49.3 Å². The molecule has 1 heterocycles. The summed E-state index contributed by atoms with van der Waals surface area (Å²) in [6, 6.07) is 9.46. The van der Waals surface area contributed by atoms with Crippen LogP contribution in [0.2, 0.25) is 0 Å².